The molecule has 1 heterocycles. The summed E-state index contributed by atoms with van der Waals surface area (Å²) >= 11 is 0. The van der Waals surface area contributed by atoms with E-state index in [-0.39, 0.29) is 29.8 Å². The van der Waals surface area contributed by atoms with E-state index in [1.165, 1.54) is 23.8 Å². The van der Waals surface area contributed by atoms with Gasteiger partial charge in [-0.25, -0.2) is 0 Å². The number of carbonyl (C=O) groups is 2. The van der Waals surface area contributed by atoms with E-state index in [9.17, 15) is 9.59 Å². The summed E-state index contributed by atoms with van der Waals surface area (Å²) in [6.07, 6.45) is 5.41. The second kappa shape index (κ2) is 13.9. The number of nitrogens with two attached hydrogens (primary N) is 3. The first-order chi connectivity index (χ1) is 18.9. The number of nitrogens with one attached hydrogen (secondary N) is 1. The lowest BCUT2D eigenvalue weighted by molar-refractivity contribution is -0.140. The molecule has 218 valence electrons. The van der Waals surface area contributed by atoms with Gasteiger partial charge in [0.15, 0.2) is 5.78 Å². The maximum Gasteiger partial charge on any atom is 0.305 e. The van der Waals surface area contributed by atoms with E-state index in [0.29, 0.717) is 44.2 Å². The van der Waals surface area contributed by atoms with Gasteiger partial charge in [-0.3, -0.25) is 9.59 Å². The van der Waals surface area contributed by atoms with Crippen LogP contribution < -0.4 is 27.3 Å². The van der Waals surface area contributed by atoms with Crippen LogP contribution in [0.3, 0.4) is 0 Å². The van der Waals surface area contributed by atoms with Gasteiger partial charge in [0.05, 0.1) is 18.8 Å². The molecule has 8 nitrogen and oxygen atoms in total. The molecule has 8 heteroatoms. The summed E-state index contributed by atoms with van der Waals surface area (Å²) in [7, 11) is 1.37. The van der Waals surface area contributed by atoms with Crippen LogP contribution in [0, 0.1) is 19.8 Å². The predicted octanol–water partition coefficient (Wildman–Crippen LogP) is 4.38. The molecule has 3 unspecified atom stereocenters. The number of unbranched alkanes of at least 4 members (excludes halogenated alkanes) is 1. The number of ether oxygens (including phenoxy) is 2. The Hall–Kier alpha value is -3.20. The number of hydrogen-bond acceptors (Lipinski definition) is 8. The number of carbonyl (C=O) groups excluding carboxylic acids is 2. The lowest BCUT2D eigenvalue weighted by atomic mass is 9.93. The fraction of sp³-hybridized carbons (Fsp3) is 0.500. The van der Waals surface area contributed by atoms with Crippen LogP contribution in [0.15, 0.2) is 48.2 Å². The third-order valence-electron chi connectivity index (χ3n) is 7.59. The van der Waals surface area contributed by atoms with Crippen LogP contribution in [0.1, 0.15) is 69.1 Å². The number of aryl methyl sites for hydroxylation is 3. The SMILES string of the molecule is CCc1ccc(-c2c(C)cc(OC(CCC(N)(N)N)C3NC(C(=O)CCCCC(=O)OC)=CC3C)cc2C)cc1. The van der Waals surface area contributed by atoms with E-state index in [2.05, 4.69) is 74.1 Å². The van der Waals surface area contributed by atoms with Crippen molar-refractivity contribution < 1.29 is 19.1 Å². The number of Topliss-reactive ketones (excluding diaryl/α,β-unsaturated/α-hetero) is 1. The number of hydrogen-bond donors (Lipinski definition) is 4. The van der Waals surface area contributed by atoms with Crippen molar-refractivity contribution in [1.29, 1.82) is 0 Å². The van der Waals surface area contributed by atoms with Crippen LogP contribution in [0.2, 0.25) is 0 Å². The highest BCUT2D eigenvalue weighted by molar-refractivity contribution is 5.95. The van der Waals surface area contributed by atoms with Crippen molar-refractivity contribution in [1.82, 2.24) is 5.32 Å². The van der Waals surface area contributed by atoms with Crippen molar-refractivity contribution in [3.05, 3.63) is 64.9 Å². The number of esters is 1. The Labute approximate surface area is 238 Å². The van der Waals surface area contributed by atoms with E-state index in [4.69, 9.17) is 21.9 Å². The smallest absolute Gasteiger partial charge is 0.305 e. The summed E-state index contributed by atoms with van der Waals surface area (Å²) in [5, 5.41) is 3.41. The molecule has 1 aliphatic heterocycles. The Morgan fingerprint density at radius 1 is 1.02 bits per heavy atom. The Bertz CT molecular complexity index is 1180. The van der Waals surface area contributed by atoms with Crippen molar-refractivity contribution in [2.75, 3.05) is 7.11 Å². The van der Waals surface area contributed by atoms with Gasteiger partial charge in [-0.15, -0.1) is 0 Å². The minimum Gasteiger partial charge on any atom is -0.488 e. The fourth-order valence-corrected chi connectivity index (χ4v) is 5.36. The molecule has 0 spiro atoms. The highest BCUT2D eigenvalue weighted by atomic mass is 16.5. The molecule has 0 aromatic heterocycles. The number of benzene rings is 2. The molecule has 0 saturated heterocycles. The maximum atomic E-state index is 12.9. The Balaban J connectivity index is 1.74. The van der Waals surface area contributed by atoms with Crippen molar-refractivity contribution in [3.8, 4) is 16.9 Å². The number of rotatable bonds is 14. The highest BCUT2D eigenvalue weighted by Crippen LogP contribution is 2.33. The Kier molecular flexibility index (Phi) is 10.9. The van der Waals surface area contributed by atoms with Gasteiger partial charge >= 0.3 is 5.97 Å². The third-order valence-corrected chi connectivity index (χ3v) is 7.59. The molecule has 0 aliphatic carbocycles. The van der Waals surface area contributed by atoms with Crippen molar-refractivity contribution in [2.45, 2.75) is 90.6 Å². The van der Waals surface area contributed by atoms with Crippen LogP contribution in [0.5, 0.6) is 5.75 Å². The predicted molar refractivity (Wildman–Crippen MR) is 159 cm³/mol. The van der Waals surface area contributed by atoms with E-state index in [1.54, 1.807) is 0 Å². The first kappa shape index (κ1) is 31.3. The van der Waals surface area contributed by atoms with Gasteiger partial charge < -0.3 is 32.0 Å². The molecule has 1 aliphatic rings. The van der Waals surface area contributed by atoms with Gasteiger partial charge in [-0.05, 0) is 85.9 Å². The second-order valence-electron chi connectivity index (χ2n) is 11.1. The van der Waals surface area contributed by atoms with Crippen LogP contribution in [0.25, 0.3) is 11.1 Å². The zero-order chi connectivity index (χ0) is 29.4. The minimum absolute atomic E-state index is 0.0221. The summed E-state index contributed by atoms with van der Waals surface area (Å²) in [6.45, 7) is 8.40. The molecule has 3 atom stereocenters. The standard InChI is InChI=1S/C32H46N4O4/c1-6-23-11-13-24(14-12-23)30-20(2)17-25(18-21(30)3)40-28(15-16-32(33,34)35)31-22(4)19-26(36-31)27(37)9-7-8-10-29(38)39-5/h11-14,17-19,22,28,31,36H,6-10,15-16,33-35H2,1-5H3. The average molecular weight is 551 g/mol. The molecule has 0 amide bonds. The lowest BCUT2D eigenvalue weighted by Gasteiger charge is -2.31. The van der Waals surface area contributed by atoms with E-state index in [0.717, 1.165) is 23.3 Å². The van der Waals surface area contributed by atoms with Gasteiger partial charge in [0.1, 0.15) is 17.6 Å². The largest absolute Gasteiger partial charge is 0.488 e. The van der Waals surface area contributed by atoms with Crippen molar-refractivity contribution >= 4 is 11.8 Å². The molecule has 0 radical (unpaired) electrons. The quantitative estimate of drug-likeness (QED) is 0.154. The molecule has 3 rings (SSSR count). The second-order valence-corrected chi connectivity index (χ2v) is 11.1. The van der Waals surface area contributed by atoms with Crippen molar-refractivity contribution in [2.24, 2.45) is 23.1 Å². The molecule has 7 N–H and O–H groups in total. The maximum absolute atomic E-state index is 12.9. The monoisotopic (exact) mass is 550 g/mol. The lowest BCUT2D eigenvalue weighted by Crippen LogP contribution is -2.58. The zero-order valence-corrected chi connectivity index (χ0v) is 24.6. The van der Waals surface area contributed by atoms with E-state index in [1.807, 2.05) is 6.08 Å². The summed E-state index contributed by atoms with van der Waals surface area (Å²) in [5.74, 6) is -0.769. The number of methoxy groups -OCH3 is 1. The molecular weight excluding hydrogens is 504 g/mol. The molecule has 40 heavy (non-hydrogen) atoms. The van der Waals surface area contributed by atoms with Crippen LogP contribution in [-0.4, -0.2) is 36.8 Å². The first-order valence-electron chi connectivity index (χ1n) is 14.2. The molecule has 0 bridgehead atoms. The molecule has 0 saturated carbocycles. The fourth-order valence-electron chi connectivity index (χ4n) is 5.36. The summed E-state index contributed by atoms with van der Waals surface area (Å²) in [5.41, 5.74) is 24.3. The van der Waals surface area contributed by atoms with Crippen LogP contribution >= 0.6 is 0 Å². The van der Waals surface area contributed by atoms with E-state index >= 15 is 0 Å². The Morgan fingerprint density at radius 3 is 2.23 bits per heavy atom. The molecule has 0 fully saturated rings. The van der Waals surface area contributed by atoms with Gasteiger partial charge in [0.2, 0.25) is 0 Å². The third kappa shape index (κ3) is 8.65. The van der Waals surface area contributed by atoms with Gasteiger partial charge in [0.25, 0.3) is 0 Å². The van der Waals surface area contributed by atoms with Gasteiger partial charge in [-0.2, -0.15) is 0 Å². The number of allylic oxidation sites excluding steroid dienone is 1. The molecule has 2 aromatic rings. The zero-order valence-electron chi connectivity index (χ0n) is 24.6. The highest BCUT2D eigenvalue weighted by Gasteiger charge is 2.35. The topological polar surface area (TPSA) is 143 Å². The number of ketones is 1. The normalized spacial score (nSPS) is 17.6. The minimum atomic E-state index is -1.32. The summed E-state index contributed by atoms with van der Waals surface area (Å²) in [6, 6.07) is 12.7. The van der Waals surface area contributed by atoms with Gasteiger partial charge in [0, 0.05) is 18.8 Å². The van der Waals surface area contributed by atoms with Crippen LogP contribution in [-0.2, 0) is 20.7 Å². The van der Waals surface area contributed by atoms with Gasteiger partial charge in [-0.1, -0.05) is 44.2 Å². The van der Waals surface area contributed by atoms with Crippen LogP contribution in [0.4, 0.5) is 0 Å². The summed E-state index contributed by atoms with van der Waals surface area (Å²) in [4.78, 5) is 24.2. The molecule has 2 aromatic carbocycles. The Morgan fingerprint density at radius 2 is 1.65 bits per heavy atom. The molecular formula is C32H46N4O4. The van der Waals surface area contributed by atoms with Crippen molar-refractivity contribution in [3.63, 3.8) is 0 Å². The average Bonchev–Trinajstić information content (AvgIpc) is 3.29. The first-order valence-corrected chi connectivity index (χ1v) is 14.2. The summed E-state index contributed by atoms with van der Waals surface area (Å²) < 4.78 is 11.3. The van der Waals surface area contributed by atoms with E-state index < -0.39 is 5.79 Å².